The van der Waals surface area contributed by atoms with Crippen LogP contribution in [0.4, 0.5) is 65.9 Å². The van der Waals surface area contributed by atoms with Gasteiger partial charge in [0.05, 0.1) is 33.4 Å². The van der Waals surface area contributed by atoms with E-state index in [0.717, 1.165) is 69.8 Å². The molecular weight excluding hydrogens is 1440 g/mol. The lowest BCUT2D eigenvalue weighted by molar-refractivity contribution is 0.567. The van der Waals surface area contributed by atoms with Crippen LogP contribution in [0.25, 0.3) is 0 Å². The molecular formula is C96H69F15. The topological polar surface area (TPSA) is 0 Å². The summed E-state index contributed by atoms with van der Waals surface area (Å²) in [4.78, 5) is 0. The Morgan fingerprint density at radius 2 is 0.360 bits per heavy atom. The Balaban J connectivity index is 0.000000185. The zero-order valence-electron chi connectivity index (χ0n) is 62.2. The summed E-state index contributed by atoms with van der Waals surface area (Å²) < 4.78 is 202. The maximum Gasteiger partial charge on any atom is 0.142 e. The van der Waals surface area contributed by atoms with Crippen molar-refractivity contribution in [3.63, 3.8) is 0 Å². The van der Waals surface area contributed by atoms with Crippen molar-refractivity contribution < 1.29 is 65.9 Å². The van der Waals surface area contributed by atoms with Gasteiger partial charge in [0.1, 0.15) is 87.3 Å². The van der Waals surface area contributed by atoms with Gasteiger partial charge in [-0.2, -0.15) is 0 Å². The highest BCUT2D eigenvalue weighted by Gasteiger charge is 2.13. The van der Waals surface area contributed by atoms with Crippen LogP contribution in [0.15, 0.2) is 200 Å². The maximum atomic E-state index is 13.5. The highest BCUT2D eigenvalue weighted by molar-refractivity contribution is 5.52. The summed E-state index contributed by atoms with van der Waals surface area (Å²) >= 11 is 0. The Labute approximate surface area is 637 Å². The molecule has 0 aliphatic carbocycles. The van der Waals surface area contributed by atoms with Crippen LogP contribution in [-0.2, 0) is 0 Å². The van der Waals surface area contributed by atoms with E-state index in [-0.39, 0.29) is 56.4 Å². The lowest BCUT2D eigenvalue weighted by atomic mass is 10.1. The van der Waals surface area contributed by atoms with Gasteiger partial charge in [0.2, 0.25) is 0 Å². The predicted octanol–water partition coefficient (Wildman–Crippen LogP) is 24.3. The minimum atomic E-state index is -0.803. The molecule has 0 aliphatic heterocycles. The van der Waals surface area contributed by atoms with Crippen molar-refractivity contribution in [1.82, 2.24) is 0 Å². The Morgan fingerprint density at radius 3 is 0.631 bits per heavy atom. The van der Waals surface area contributed by atoms with Gasteiger partial charge in [-0.05, 0) is 273 Å². The zero-order chi connectivity index (χ0) is 81.3. The van der Waals surface area contributed by atoms with Gasteiger partial charge in [0, 0.05) is 44.5 Å². The summed E-state index contributed by atoms with van der Waals surface area (Å²) in [5.41, 5.74) is 10.0. The van der Waals surface area contributed by atoms with Crippen LogP contribution in [0.1, 0.15) is 134 Å². The molecule has 12 aromatic rings. The number of benzene rings is 12. The van der Waals surface area contributed by atoms with Gasteiger partial charge in [-0.25, -0.2) is 65.9 Å². The fourth-order valence-electron chi connectivity index (χ4n) is 9.49. The van der Waals surface area contributed by atoms with Gasteiger partial charge < -0.3 is 0 Å². The second kappa shape index (κ2) is 40.2. The van der Waals surface area contributed by atoms with Crippen molar-refractivity contribution in [2.24, 2.45) is 0 Å². The third kappa shape index (κ3) is 26.4. The summed E-state index contributed by atoms with van der Waals surface area (Å²) in [5, 5.41) is 0. The summed E-state index contributed by atoms with van der Waals surface area (Å²) in [7, 11) is 0. The Kier molecular flexibility index (Phi) is 30.9. The highest BCUT2D eigenvalue weighted by atomic mass is 19.2. The molecule has 0 saturated heterocycles. The first-order valence-corrected chi connectivity index (χ1v) is 33.9. The number of hydrogen-bond donors (Lipinski definition) is 0. The largest absolute Gasteiger partial charge is 0.207 e. The van der Waals surface area contributed by atoms with Crippen LogP contribution in [-0.4, -0.2) is 0 Å². The minimum Gasteiger partial charge on any atom is -0.207 e. The van der Waals surface area contributed by atoms with Crippen LogP contribution < -0.4 is 0 Å². The number of aryl methyl sites for hydroxylation is 10. The average molecular weight is 1510 g/mol. The van der Waals surface area contributed by atoms with Crippen LogP contribution >= 0.6 is 0 Å². The molecule has 0 radical (unpaired) electrons. The van der Waals surface area contributed by atoms with E-state index in [0.29, 0.717) is 50.1 Å². The zero-order valence-corrected chi connectivity index (χ0v) is 62.2. The standard InChI is InChI=1S/C16H10F4.2C16H11F3.2C16H12F2.C16H13F/c1-9-5-15(19)12(16(20)6-9)4-3-11-7-13(17)10(2)14(18)8-11;1-10-3-5-13(16(19)7-10)6-4-12-8-14(17)11(2)15(18)9-12;1-10-7-15(18)13(16(19)8-10)6-5-12-4-3-11(2)14(17)9-12;1-11-3-7-14(16(18)9-11)8-6-13-5-4-12(2)15(17)10-13;1-11-3-5-13(6-4-11)7-8-14-15(17)9-12(2)10-16(14)18;1-12-3-6-14(7-4-12)8-10-15-9-5-13(2)11-16(15)17/h5-8H,1-2H3;3,5,7-9H,1-2H3;3-4,7-9H,1-2H3;3-5,7,9-10H,1-2H3;3-6,9-10H,1-2H3;3-7,9,11H,1-2H3. The second-order valence-corrected chi connectivity index (χ2v) is 25.6. The van der Waals surface area contributed by atoms with E-state index in [1.807, 2.05) is 82.3 Å². The molecule has 12 aromatic carbocycles. The van der Waals surface area contributed by atoms with Crippen LogP contribution in [0.3, 0.4) is 0 Å². The fraction of sp³-hybridized carbons (Fsp3) is 0.125. The molecule has 0 aliphatic rings. The van der Waals surface area contributed by atoms with E-state index >= 15 is 0 Å². The van der Waals surface area contributed by atoms with Gasteiger partial charge in [-0.3, -0.25) is 0 Å². The molecule has 0 heterocycles. The first-order chi connectivity index (χ1) is 52.6. The summed E-state index contributed by atoms with van der Waals surface area (Å²) in [6.45, 7) is 20.2. The quantitative estimate of drug-likeness (QED) is 0.105. The summed E-state index contributed by atoms with van der Waals surface area (Å²) in [6.07, 6.45) is 0. The van der Waals surface area contributed by atoms with E-state index in [4.69, 9.17) is 0 Å². The van der Waals surface area contributed by atoms with Crippen molar-refractivity contribution in [1.29, 1.82) is 0 Å². The lowest BCUT2D eigenvalue weighted by Crippen LogP contribution is -1.93. The van der Waals surface area contributed by atoms with Crippen LogP contribution in [0.2, 0.25) is 0 Å². The molecule has 0 spiro atoms. The second-order valence-electron chi connectivity index (χ2n) is 25.6. The SMILES string of the molecule is Cc1cc(F)c(C#Cc2cc(F)c(C)c(F)c2)c(F)c1.Cc1cc(F)c(C#Cc2ccc(C)c(F)c2)c(F)c1.Cc1ccc(C#Cc2c(F)cc(C)cc2F)cc1.Cc1ccc(C#Cc2cc(F)c(C)c(F)c2)c(F)c1.Cc1ccc(C#Cc2ccc(C)c(F)c2)c(F)c1.Cc1ccc(C#Cc2ccc(C)cc2F)cc1. The van der Waals surface area contributed by atoms with Gasteiger partial charge >= 0.3 is 0 Å². The van der Waals surface area contributed by atoms with E-state index in [9.17, 15) is 65.9 Å². The van der Waals surface area contributed by atoms with Gasteiger partial charge in [0.25, 0.3) is 0 Å². The highest BCUT2D eigenvalue weighted by Crippen LogP contribution is 2.22. The monoisotopic (exact) mass is 1510 g/mol. The van der Waals surface area contributed by atoms with Crippen molar-refractivity contribution in [3.05, 3.63) is 421 Å². The molecule has 0 unspecified atom stereocenters. The van der Waals surface area contributed by atoms with E-state index in [1.165, 1.54) is 74.0 Å². The predicted molar refractivity (Wildman–Crippen MR) is 409 cm³/mol. The van der Waals surface area contributed by atoms with Gasteiger partial charge in [0.15, 0.2) is 0 Å². The third-order valence-corrected chi connectivity index (χ3v) is 16.0. The molecule has 0 fully saturated rings. The summed E-state index contributed by atoms with van der Waals surface area (Å²) in [5.74, 6) is 22.5. The van der Waals surface area contributed by atoms with Crippen molar-refractivity contribution in [2.75, 3.05) is 0 Å². The molecule has 0 aromatic heterocycles. The minimum absolute atomic E-state index is 0.0185. The van der Waals surface area contributed by atoms with E-state index in [1.54, 1.807) is 96.1 Å². The molecule has 0 N–H and O–H groups in total. The smallest absolute Gasteiger partial charge is 0.142 e. The van der Waals surface area contributed by atoms with Gasteiger partial charge in [-0.1, -0.05) is 137 Å². The molecule has 0 saturated carbocycles. The molecule has 0 atom stereocenters. The Bertz CT molecular complexity index is 5720. The van der Waals surface area contributed by atoms with Crippen molar-refractivity contribution in [2.45, 2.75) is 83.1 Å². The molecule has 0 amide bonds. The first kappa shape index (κ1) is 85.2. The molecule has 12 rings (SSSR count). The van der Waals surface area contributed by atoms with Crippen LogP contribution in [0, 0.1) is 241 Å². The van der Waals surface area contributed by atoms with E-state index in [2.05, 4.69) is 71.0 Å². The molecule has 15 heteroatoms. The maximum absolute atomic E-state index is 13.5. The molecule has 558 valence electrons. The normalized spacial score (nSPS) is 9.86. The number of hydrogen-bond acceptors (Lipinski definition) is 0. The fourth-order valence-corrected chi connectivity index (χ4v) is 9.49. The van der Waals surface area contributed by atoms with Crippen molar-refractivity contribution >= 4 is 0 Å². The Morgan fingerprint density at radius 1 is 0.153 bits per heavy atom. The average Bonchev–Trinajstić information content (AvgIpc) is 0.869. The lowest BCUT2D eigenvalue weighted by Gasteiger charge is -2.00. The van der Waals surface area contributed by atoms with Crippen molar-refractivity contribution in [3.8, 4) is 71.0 Å². The first-order valence-electron chi connectivity index (χ1n) is 33.9. The third-order valence-electron chi connectivity index (χ3n) is 16.0. The number of halogens is 15. The van der Waals surface area contributed by atoms with Gasteiger partial charge in [-0.15, -0.1) is 0 Å². The summed E-state index contributed by atoms with van der Waals surface area (Å²) in [6, 6.07) is 50.6. The van der Waals surface area contributed by atoms with E-state index < -0.39 is 75.4 Å². The van der Waals surface area contributed by atoms with Crippen LogP contribution in [0.5, 0.6) is 0 Å². The number of rotatable bonds is 0. The molecule has 0 nitrogen and oxygen atoms in total. The molecule has 0 bridgehead atoms. The molecule has 111 heavy (non-hydrogen) atoms. The Hall–Kier alpha value is -13.1.